The Hall–Kier alpha value is -1.77. The van der Waals surface area contributed by atoms with Gasteiger partial charge in [0.05, 0.1) is 0 Å². The van der Waals surface area contributed by atoms with E-state index in [1.807, 2.05) is 30.5 Å². The first-order valence-electron chi connectivity index (χ1n) is 5.94. The minimum absolute atomic E-state index is 0.389. The Bertz CT molecular complexity index is 621. The molecule has 3 rings (SSSR count). The molecule has 1 aliphatic rings. The Morgan fingerprint density at radius 2 is 2.06 bits per heavy atom. The molecule has 0 amide bonds. The van der Waals surface area contributed by atoms with Crippen molar-refractivity contribution in [1.29, 1.82) is 0 Å². The molecule has 2 aromatic rings. The normalized spacial score (nSPS) is 15.4. The summed E-state index contributed by atoms with van der Waals surface area (Å²) in [6.45, 7) is 3.94. The summed E-state index contributed by atoms with van der Waals surface area (Å²) in [5.41, 5.74) is 3.59. The molecular weight excluding hydrogens is 214 g/mol. The van der Waals surface area contributed by atoms with Gasteiger partial charge >= 0.3 is 5.97 Å². The van der Waals surface area contributed by atoms with E-state index in [0.29, 0.717) is 11.7 Å². The SMILES string of the molecule is Cc1ccc2c(c1)c(C)c(C(=O)O)n2C1CC1. The molecule has 1 aliphatic carbocycles. The first-order valence-corrected chi connectivity index (χ1v) is 5.94. The molecule has 1 fully saturated rings. The summed E-state index contributed by atoms with van der Waals surface area (Å²) in [7, 11) is 0. The first kappa shape index (κ1) is 10.4. The number of nitrogens with zero attached hydrogens (tertiary/aromatic N) is 1. The molecule has 0 aliphatic heterocycles. The quantitative estimate of drug-likeness (QED) is 0.858. The summed E-state index contributed by atoms with van der Waals surface area (Å²) < 4.78 is 2.01. The molecule has 0 atom stereocenters. The van der Waals surface area contributed by atoms with Crippen molar-refractivity contribution in [3.8, 4) is 0 Å². The molecule has 3 heteroatoms. The third kappa shape index (κ3) is 1.46. The highest BCUT2D eigenvalue weighted by atomic mass is 16.4. The van der Waals surface area contributed by atoms with E-state index >= 15 is 0 Å². The minimum atomic E-state index is -0.816. The Kier molecular flexibility index (Phi) is 2.05. The predicted molar refractivity (Wildman–Crippen MR) is 66.6 cm³/mol. The van der Waals surface area contributed by atoms with Gasteiger partial charge in [0.25, 0.3) is 0 Å². The van der Waals surface area contributed by atoms with Gasteiger partial charge in [-0.1, -0.05) is 11.6 Å². The first-order chi connectivity index (χ1) is 8.09. The molecule has 1 aromatic heterocycles. The van der Waals surface area contributed by atoms with E-state index in [9.17, 15) is 9.90 Å². The fraction of sp³-hybridized carbons (Fsp3) is 0.357. The van der Waals surface area contributed by atoms with E-state index in [1.54, 1.807) is 0 Å². The molecule has 3 nitrogen and oxygen atoms in total. The number of aromatic carboxylic acids is 1. The van der Waals surface area contributed by atoms with Crippen molar-refractivity contribution in [2.75, 3.05) is 0 Å². The average molecular weight is 229 g/mol. The maximum atomic E-state index is 11.4. The van der Waals surface area contributed by atoms with E-state index in [2.05, 4.69) is 6.07 Å². The number of carboxylic acids is 1. The molecule has 0 saturated heterocycles. The van der Waals surface area contributed by atoms with Gasteiger partial charge in [0.2, 0.25) is 0 Å². The Morgan fingerprint density at radius 3 is 2.65 bits per heavy atom. The zero-order valence-electron chi connectivity index (χ0n) is 10.0. The van der Waals surface area contributed by atoms with Gasteiger partial charge < -0.3 is 9.67 Å². The van der Waals surface area contributed by atoms with Gasteiger partial charge in [0.15, 0.2) is 0 Å². The number of rotatable bonds is 2. The summed E-state index contributed by atoms with van der Waals surface area (Å²) in [5.74, 6) is -0.816. The fourth-order valence-electron chi connectivity index (χ4n) is 2.56. The lowest BCUT2D eigenvalue weighted by molar-refractivity contribution is 0.0684. The molecule has 0 radical (unpaired) electrons. The van der Waals surface area contributed by atoms with E-state index in [-0.39, 0.29) is 0 Å². The predicted octanol–water partition coefficient (Wildman–Crippen LogP) is 3.29. The van der Waals surface area contributed by atoms with Crippen LogP contribution >= 0.6 is 0 Å². The number of fused-ring (bicyclic) bond motifs is 1. The molecule has 1 N–H and O–H groups in total. The average Bonchev–Trinajstić information content (AvgIpc) is 3.05. The lowest BCUT2D eigenvalue weighted by Gasteiger charge is -2.06. The van der Waals surface area contributed by atoms with Gasteiger partial charge in [0.1, 0.15) is 5.69 Å². The van der Waals surface area contributed by atoms with Gasteiger partial charge in [-0.3, -0.25) is 0 Å². The molecule has 0 unspecified atom stereocenters. The highest BCUT2D eigenvalue weighted by Crippen LogP contribution is 2.41. The summed E-state index contributed by atoms with van der Waals surface area (Å²) >= 11 is 0. The van der Waals surface area contributed by atoms with Crippen LogP contribution in [0.4, 0.5) is 0 Å². The number of aryl methyl sites for hydroxylation is 2. The van der Waals surface area contributed by atoms with Crippen molar-refractivity contribution in [1.82, 2.24) is 4.57 Å². The summed E-state index contributed by atoms with van der Waals surface area (Å²) in [6, 6.07) is 6.56. The summed E-state index contributed by atoms with van der Waals surface area (Å²) in [6.07, 6.45) is 2.19. The summed E-state index contributed by atoms with van der Waals surface area (Å²) in [5, 5.41) is 10.5. The molecular formula is C14H15NO2. The second-order valence-electron chi connectivity index (χ2n) is 4.90. The van der Waals surface area contributed by atoms with Gasteiger partial charge in [-0.15, -0.1) is 0 Å². The third-order valence-corrected chi connectivity index (χ3v) is 3.53. The van der Waals surface area contributed by atoms with Gasteiger partial charge in [0, 0.05) is 16.9 Å². The van der Waals surface area contributed by atoms with Crippen molar-refractivity contribution >= 4 is 16.9 Å². The van der Waals surface area contributed by atoms with Crippen LogP contribution in [-0.2, 0) is 0 Å². The monoisotopic (exact) mass is 229 g/mol. The smallest absolute Gasteiger partial charge is 0.352 e. The van der Waals surface area contributed by atoms with Crippen LogP contribution in [0.5, 0.6) is 0 Å². The van der Waals surface area contributed by atoms with Crippen molar-refractivity contribution in [3.05, 3.63) is 35.0 Å². The Labute approximate surface area is 99.7 Å². The molecule has 0 bridgehead atoms. The zero-order chi connectivity index (χ0) is 12.2. The highest BCUT2D eigenvalue weighted by molar-refractivity contribution is 5.98. The Morgan fingerprint density at radius 1 is 1.35 bits per heavy atom. The third-order valence-electron chi connectivity index (χ3n) is 3.53. The molecule has 1 aromatic carbocycles. The highest BCUT2D eigenvalue weighted by Gasteiger charge is 2.31. The Balaban J connectivity index is 2.40. The minimum Gasteiger partial charge on any atom is -0.477 e. The van der Waals surface area contributed by atoms with E-state index < -0.39 is 5.97 Å². The van der Waals surface area contributed by atoms with E-state index in [4.69, 9.17) is 0 Å². The lowest BCUT2D eigenvalue weighted by Crippen LogP contribution is -2.08. The number of hydrogen-bond donors (Lipinski definition) is 1. The van der Waals surface area contributed by atoms with Crippen LogP contribution in [0.2, 0.25) is 0 Å². The number of aromatic nitrogens is 1. The molecule has 1 heterocycles. The number of benzene rings is 1. The van der Waals surface area contributed by atoms with Crippen LogP contribution in [-0.4, -0.2) is 15.6 Å². The van der Waals surface area contributed by atoms with Crippen LogP contribution in [0, 0.1) is 13.8 Å². The molecule has 88 valence electrons. The van der Waals surface area contributed by atoms with Crippen LogP contribution in [0.3, 0.4) is 0 Å². The van der Waals surface area contributed by atoms with Crippen LogP contribution < -0.4 is 0 Å². The standard InChI is InChI=1S/C14H15NO2/c1-8-3-6-12-11(7-8)9(2)13(14(16)17)15(12)10-4-5-10/h3,6-7,10H,4-5H2,1-2H3,(H,16,17). The second-order valence-corrected chi connectivity index (χ2v) is 4.90. The van der Waals surface area contributed by atoms with Crippen LogP contribution in [0.25, 0.3) is 10.9 Å². The zero-order valence-corrected chi connectivity index (χ0v) is 10.0. The van der Waals surface area contributed by atoms with E-state index in [1.165, 1.54) is 5.56 Å². The summed E-state index contributed by atoms with van der Waals surface area (Å²) in [4.78, 5) is 11.4. The second kappa shape index (κ2) is 3.36. The van der Waals surface area contributed by atoms with Crippen molar-refractivity contribution in [2.45, 2.75) is 32.7 Å². The molecule has 0 spiro atoms. The number of hydrogen-bond acceptors (Lipinski definition) is 1. The molecule has 1 saturated carbocycles. The van der Waals surface area contributed by atoms with Crippen molar-refractivity contribution < 1.29 is 9.90 Å². The van der Waals surface area contributed by atoms with Crippen molar-refractivity contribution in [2.24, 2.45) is 0 Å². The topological polar surface area (TPSA) is 42.2 Å². The van der Waals surface area contributed by atoms with Gasteiger partial charge in [-0.25, -0.2) is 4.79 Å². The maximum Gasteiger partial charge on any atom is 0.352 e. The number of carboxylic acid groups (broad SMARTS) is 1. The van der Waals surface area contributed by atoms with Gasteiger partial charge in [-0.2, -0.15) is 0 Å². The van der Waals surface area contributed by atoms with Gasteiger partial charge in [-0.05, 0) is 44.4 Å². The van der Waals surface area contributed by atoms with Crippen LogP contribution in [0.15, 0.2) is 18.2 Å². The molecule has 17 heavy (non-hydrogen) atoms. The largest absolute Gasteiger partial charge is 0.477 e. The van der Waals surface area contributed by atoms with Crippen molar-refractivity contribution in [3.63, 3.8) is 0 Å². The van der Waals surface area contributed by atoms with E-state index in [0.717, 1.165) is 29.3 Å². The maximum absolute atomic E-state index is 11.4. The fourth-order valence-corrected chi connectivity index (χ4v) is 2.56. The lowest BCUT2D eigenvalue weighted by atomic mass is 10.1. The van der Waals surface area contributed by atoms with Crippen LogP contribution in [0.1, 0.15) is 40.5 Å². The number of carbonyl (C=O) groups is 1.